The Kier molecular flexibility index (Phi) is 4.50. The van der Waals surface area contributed by atoms with E-state index in [9.17, 15) is 9.50 Å². The van der Waals surface area contributed by atoms with Crippen molar-refractivity contribution >= 4 is 0 Å². The van der Waals surface area contributed by atoms with Crippen LogP contribution in [0.1, 0.15) is 30.4 Å². The fourth-order valence-electron chi connectivity index (χ4n) is 3.13. The maximum Gasteiger partial charge on any atom is 0.127 e. The van der Waals surface area contributed by atoms with Gasteiger partial charge in [0.1, 0.15) is 5.82 Å². The number of benzene rings is 1. The van der Waals surface area contributed by atoms with E-state index < -0.39 is 5.60 Å². The van der Waals surface area contributed by atoms with Gasteiger partial charge in [0.05, 0.1) is 5.60 Å². The zero-order chi connectivity index (χ0) is 15.4. The smallest absolute Gasteiger partial charge is 0.127 e. The Bertz CT molecular complexity index is 619. The van der Waals surface area contributed by atoms with Crippen molar-refractivity contribution < 1.29 is 9.50 Å². The van der Waals surface area contributed by atoms with Gasteiger partial charge in [-0.25, -0.2) is 4.39 Å². The number of aliphatic hydroxyl groups is 1. The first-order chi connectivity index (χ1) is 10.7. The highest BCUT2D eigenvalue weighted by Gasteiger charge is 2.32. The van der Waals surface area contributed by atoms with E-state index in [1.165, 1.54) is 6.07 Å². The molecule has 0 amide bonds. The van der Waals surface area contributed by atoms with Crippen LogP contribution in [0.15, 0.2) is 48.8 Å². The highest BCUT2D eigenvalue weighted by atomic mass is 19.1. The van der Waals surface area contributed by atoms with Crippen LogP contribution in [0.4, 0.5) is 4.39 Å². The van der Waals surface area contributed by atoms with E-state index >= 15 is 0 Å². The minimum atomic E-state index is -0.821. The van der Waals surface area contributed by atoms with Crippen LogP contribution in [0.5, 0.6) is 0 Å². The Morgan fingerprint density at radius 1 is 1.14 bits per heavy atom. The topological polar surface area (TPSA) is 36.4 Å². The minimum Gasteiger partial charge on any atom is -0.385 e. The van der Waals surface area contributed by atoms with E-state index in [-0.39, 0.29) is 5.82 Å². The van der Waals surface area contributed by atoms with Gasteiger partial charge in [0.15, 0.2) is 0 Å². The Balaban J connectivity index is 1.69. The standard InChI is InChI=1S/C18H21FN2O/c19-17-7-2-1-5-15(17)14-21-11-4-8-18(22,9-12-21)16-6-3-10-20-13-16/h1-3,5-7,10,13,22H,4,8-9,11-12,14H2/t18-/m1/s1. The molecule has 0 spiro atoms. The molecule has 2 aromatic rings. The molecule has 2 heterocycles. The lowest BCUT2D eigenvalue weighted by Crippen LogP contribution is -2.29. The molecule has 1 aliphatic heterocycles. The number of nitrogens with zero attached hydrogens (tertiary/aromatic N) is 2. The summed E-state index contributed by atoms with van der Waals surface area (Å²) in [6.07, 6.45) is 5.71. The fourth-order valence-corrected chi connectivity index (χ4v) is 3.13. The third kappa shape index (κ3) is 3.34. The maximum absolute atomic E-state index is 13.8. The number of hydrogen-bond donors (Lipinski definition) is 1. The molecular weight excluding hydrogens is 279 g/mol. The second-order valence-electron chi connectivity index (χ2n) is 5.99. The van der Waals surface area contributed by atoms with Crippen LogP contribution in [0, 0.1) is 5.82 Å². The molecule has 3 nitrogen and oxygen atoms in total. The summed E-state index contributed by atoms with van der Waals surface area (Å²) >= 11 is 0. The van der Waals surface area contributed by atoms with Gasteiger partial charge in [0.25, 0.3) is 0 Å². The molecular formula is C18H21FN2O. The lowest BCUT2D eigenvalue weighted by Gasteiger charge is -2.27. The number of rotatable bonds is 3. The van der Waals surface area contributed by atoms with E-state index in [1.54, 1.807) is 18.5 Å². The summed E-state index contributed by atoms with van der Waals surface area (Å²) < 4.78 is 13.8. The molecule has 1 fully saturated rings. The molecule has 1 atom stereocenters. The summed E-state index contributed by atoms with van der Waals surface area (Å²) in [6, 6.07) is 10.7. The largest absolute Gasteiger partial charge is 0.385 e. The van der Waals surface area contributed by atoms with Crippen molar-refractivity contribution in [2.45, 2.75) is 31.4 Å². The molecule has 4 heteroatoms. The Labute approximate surface area is 130 Å². The zero-order valence-corrected chi connectivity index (χ0v) is 12.6. The molecule has 1 aromatic heterocycles. The Morgan fingerprint density at radius 3 is 2.77 bits per heavy atom. The molecule has 116 valence electrons. The molecule has 1 N–H and O–H groups in total. The summed E-state index contributed by atoms with van der Waals surface area (Å²) in [7, 11) is 0. The summed E-state index contributed by atoms with van der Waals surface area (Å²) in [5.41, 5.74) is 0.773. The van der Waals surface area contributed by atoms with Crippen molar-refractivity contribution in [3.63, 3.8) is 0 Å². The molecule has 0 radical (unpaired) electrons. The molecule has 1 aromatic carbocycles. The Hall–Kier alpha value is -1.78. The van der Waals surface area contributed by atoms with E-state index in [2.05, 4.69) is 9.88 Å². The van der Waals surface area contributed by atoms with Gasteiger partial charge in [0, 0.05) is 36.6 Å². The molecule has 0 saturated carbocycles. The van der Waals surface area contributed by atoms with Crippen LogP contribution in [0.25, 0.3) is 0 Å². The molecule has 1 aliphatic rings. The predicted octanol–water partition coefficient (Wildman–Crippen LogP) is 3.09. The van der Waals surface area contributed by atoms with Crippen LogP contribution < -0.4 is 0 Å². The van der Waals surface area contributed by atoms with E-state index in [0.717, 1.165) is 25.1 Å². The maximum atomic E-state index is 13.8. The van der Waals surface area contributed by atoms with Crippen molar-refractivity contribution in [1.82, 2.24) is 9.88 Å². The van der Waals surface area contributed by atoms with Crippen LogP contribution in [0.3, 0.4) is 0 Å². The second kappa shape index (κ2) is 6.55. The summed E-state index contributed by atoms with van der Waals surface area (Å²) in [5.74, 6) is -0.158. The average molecular weight is 300 g/mol. The summed E-state index contributed by atoms with van der Waals surface area (Å²) in [6.45, 7) is 2.21. The highest BCUT2D eigenvalue weighted by molar-refractivity contribution is 5.19. The molecule has 0 aliphatic carbocycles. The van der Waals surface area contributed by atoms with Crippen LogP contribution in [0.2, 0.25) is 0 Å². The van der Waals surface area contributed by atoms with Crippen molar-refractivity contribution in [2.24, 2.45) is 0 Å². The quantitative estimate of drug-likeness (QED) is 0.946. The SMILES string of the molecule is O[C@]1(c2cccnc2)CCCN(Cc2ccccc2F)CC1. The third-order valence-electron chi connectivity index (χ3n) is 4.46. The highest BCUT2D eigenvalue weighted by Crippen LogP contribution is 2.32. The van der Waals surface area contributed by atoms with Crippen molar-refractivity contribution in [3.05, 3.63) is 65.7 Å². The number of hydrogen-bond acceptors (Lipinski definition) is 3. The van der Waals surface area contributed by atoms with Gasteiger partial charge < -0.3 is 5.11 Å². The number of pyridine rings is 1. The van der Waals surface area contributed by atoms with E-state index in [0.29, 0.717) is 24.9 Å². The minimum absolute atomic E-state index is 0.158. The van der Waals surface area contributed by atoms with Gasteiger partial charge in [0.2, 0.25) is 0 Å². The van der Waals surface area contributed by atoms with Gasteiger partial charge >= 0.3 is 0 Å². The normalized spacial score (nSPS) is 23.2. The lowest BCUT2D eigenvalue weighted by molar-refractivity contribution is 0.0206. The van der Waals surface area contributed by atoms with E-state index in [4.69, 9.17) is 0 Å². The van der Waals surface area contributed by atoms with Crippen molar-refractivity contribution in [1.29, 1.82) is 0 Å². The first-order valence-electron chi connectivity index (χ1n) is 7.76. The summed E-state index contributed by atoms with van der Waals surface area (Å²) in [5, 5.41) is 10.9. The van der Waals surface area contributed by atoms with Gasteiger partial charge in [-0.2, -0.15) is 0 Å². The molecule has 1 saturated heterocycles. The predicted molar refractivity (Wildman–Crippen MR) is 83.7 cm³/mol. The molecule has 22 heavy (non-hydrogen) atoms. The number of halogens is 1. The molecule has 3 rings (SSSR count). The monoisotopic (exact) mass is 300 g/mol. The van der Waals surface area contributed by atoms with Crippen molar-refractivity contribution in [2.75, 3.05) is 13.1 Å². The van der Waals surface area contributed by atoms with Gasteiger partial charge in [-0.3, -0.25) is 9.88 Å². The lowest BCUT2D eigenvalue weighted by atomic mass is 9.88. The van der Waals surface area contributed by atoms with Gasteiger partial charge in [-0.05, 0) is 37.9 Å². The third-order valence-corrected chi connectivity index (χ3v) is 4.46. The Morgan fingerprint density at radius 2 is 2.00 bits per heavy atom. The van der Waals surface area contributed by atoms with Gasteiger partial charge in [-0.1, -0.05) is 24.3 Å². The fraction of sp³-hybridized carbons (Fsp3) is 0.389. The number of aromatic nitrogens is 1. The average Bonchev–Trinajstić information content (AvgIpc) is 2.74. The first-order valence-corrected chi connectivity index (χ1v) is 7.76. The molecule has 0 unspecified atom stereocenters. The molecule has 0 bridgehead atoms. The van der Waals surface area contributed by atoms with Gasteiger partial charge in [-0.15, -0.1) is 0 Å². The van der Waals surface area contributed by atoms with E-state index in [1.807, 2.05) is 24.3 Å². The number of likely N-dealkylation sites (tertiary alicyclic amines) is 1. The first kappa shape index (κ1) is 15.1. The summed E-state index contributed by atoms with van der Waals surface area (Å²) in [4.78, 5) is 6.33. The van der Waals surface area contributed by atoms with Crippen LogP contribution >= 0.6 is 0 Å². The van der Waals surface area contributed by atoms with Crippen molar-refractivity contribution in [3.8, 4) is 0 Å². The van der Waals surface area contributed by atoms with Crippen LogP contribution in [-0.4, -0.2) is 28.1 Å². The zero-order valence-electron chi connectivity index (χ0n) is 12.6. The second-order valence-corrected chi connectivity index (χ2v) is 5.99. The van der Waals surface area contributed by atoms with Crippen LogP contribution in [-0.2, 0) is 12.1 Å².